The fourth-order valence-electron chi connectivity index (χ4n) is 2.33. The van der Waals surface area contributed by atoms with E-state index in [-0.39, 0.29) is 17.3 Å². The molecule has 82 valence electrons. The molecule has 1 nitrogen and oxygen atoms in total. The molecule has 1 heterocycles. The van der Waals surface area contributed by atoms with Crippen LogP contribution in [0.25, 0.3) is 0 Å². The highest BCUT2D eigenvalue weighted by Crippen LogP contribution is 2.37. The Hall–Kier alpha value is -0.890. The Bertz CT molecular complexity index is 365. The summed E-state index contributed by atoms with van der Waals surface area (Å²) < 4.78 is 13.6. The van der Waals surface area contributed by atoms with E-state index in [1.165, 1.54) is 0 Å². The van der Waals surface area contributed by atoms with Crippen LogP contribution >= 0.6 is 0 Å². The first-order valence-electron chi connectivity index (χ1n) is 5.51. The normalized spacial score (nSPS) is 21.2. The lowest BCUT2D eigenvalue weighted by Crippen LogP contribution is -2.38. The molecule has 1 aliphatic rings. The maximum Gasteiger partial charge on any atom is 0.126 e. The standard InChI is InChI=1S/C13H18FN/c1-13(2,3)12-10-5-4-6-11(14)9(10)7-8-15-12/h4-6,12,15H,7-8H2,1-3H3. The lowest BCUT2D eigenvalue weighted by atomic mass is 9.78. The minimum absolute atomic E-state index is 0.0525. The summed E-state index contributed by atoms with van der Waals surface area (Å²) in [7, 11) is 0. The molecule has 0 bridgehead atoms. The second kappa shape index (κ2) is 3.60. The molecule has 0 spiro atoms. The number of benzene rings is 1. The summed E-state index contributed by atoms with van der Waals surface area (Å²) in [5.74, 6) is -0.0525. The van der Waals surface area contributed by atoms with Gasteiger partial charge < -0.3 is 5.32 Å². The fraction of sp³-hybridized carbons (Fsp3) is 0.538. The van der Waals surface area contributed by atoms with E-state index >= 15 is 0 Å². The van der Waals surface area contributed by atoms with Crippen molar-refractivity contribution in [1.29, 1.82) is 0 Å². The number of hydrogen-bond donors (Lipinski definition) is 1. The van der Waals surface area contributed by atoms with Gasteiger partial charge in [-0.25, -0.2) is 4.39 Å². The van der Waals surface area contributed by atoms with Crippen LogP contribution in [-0.2, 0) is 6.42 Å². The lowest BCUT2D eigenvalue weighted by molar-refractivity contribution is 0.262. The van der Waals surface area contributed by atoms with Crippen LogP contribution in [0, 0.1) is 11.2 Å². The van der Waals surface area contributed by atoms with E-state index in [0.29, 0.717) is 0 Å². The SMILES string of the molecule is CC(C)(C)C1NCCc2c(F)cccc21. The van der Waals surface area contributed by atoms with Gasteiger partial charge in [0.2, 0.25) is 0 Å². The first kappa shape index (κ1) is 10.6. The van der Waals surface area contributed by atoms with E-state index in [4.69, 9.17) is 0 Å². The summed E-state index contributed by atoms with van der Waals surface area (Å²) >= 11 is 0. The predicted molar refractivity (Wildman–Crippen MR) is 60.3 cm³/mol. The van der Waals surface area contributed by atoms with E-state index in [1.54, 1.807) is 12.1 Å². The van der Waals surface area contributed by atoms with Crippen molar-refractivity contribution in [3.63, 3.8) is 0 Å². The van der Waals surface area contributed by atoms with Crippen molar-refractivity contribution in [2.24, 2.45) is 5.41 Å². The fourth-order valence-corrected chi connectivity index (χ4v) is 2.33. The van der Waals surface area contributed by atoms with Crippen molar-refractivity contribution < 1.29 is 4.39 Å². The van der Waals surface area contributed by atoms with Gasteiger partial charge in [0.15, 0.2) is 0 Å². The highest BCUT2D eigenvalue weighted by molar-refractivity contribution is 5.34. The number of nitrogens with one attached hydrogen (secondary N) is 1. The zero-order valence-corrected chi connectivity index (χ0v) is 9.60. The largest absolute Gasteiger partial charge is 0.309 e. The van der Waals surface area contributed by atoms with Crippen LogP contribution in [0.4, 0.5) is 4.39 Å². The van der Waals surface area contributed by atoms with Gasteiger partial charge in [-0.2, -0.15) is 0 Å². The van der Waals surface area contributed by atoms with Crippen molar-refractivity contribution in [2.45, 2.75) is 33.2 Å². The van der Waals surface area contributed by atoms with Gasteiger partial charge in [0.05, 0.1) is 0 Å². The number of hydrogen-bond acceptors (Lipinski definition) is 1. The number of fused-ring (bicyclic) bond motifs is 1. The minimum Gasteiger partial charge on any atom is -0.309 e. The molecule has 2 rings (SSSR count). The third kappa shape index (κ3) is 1.91. The Morgan fingerprint density at radius 2 is 2.07 bits per heavy atom. The highest BCUT2D eigenvalue weighted by Gasteiger charge is 2.30. The molecule has 0 fully saturated rings. The molecule has 1 N–H and O–H groups in total. The van der Waals surface area contributed by atoms with Gasteiger partial charge in [0.25, 0.3) is 0 Å². The summed E-state index contributed by atoms with van der Waals surface area (Å²) in [6, 6.07) is 5.67. The van der Waals surface area contributed by atoms with Gasteiger partial charge >= 0.3 is 0 Å². The first-order chi connectivity index (χ1) is 7.00. The molecule has 0 aromatic heterocycles. The van der Waals surface area contributed by atoms with Crippen LogP contribution in [0.2, 0.25) is 0 Å². The molecule has 1 unspecified atom stereocenters. The van der Waals surface area contributed by atoms with E-state index < -0.39 is 0 Å². The third-order valence-corrected chi connectivity index (χ3v) is 3.06. The zero-order chi connectivity index (χ0) is 11.1. The van der Waals surface area contributed by atoms with Gasteiger partial charge in [0, 0.05) is 6.04 Å². The molecular weight excluding hydrogens is 189 g/mol. The van der Waals surface area contributed by atoms with Crippen LogP contribution < -0.4 is 5.32 Å². The summed E-state index contributed by atoms with van der Waals surface area (Å²) in [5, 5.41) is 3.48. The average molecular weight is 207 g/mol. The number of rotatable bonds is 0. The minimum atomic E-state index is -0.0525. The smallest absolute Gasteiger partial charge is 0.126 e. The van der Waals surface area contributed by atoms with Crippen LogP contribution in [-0.4, -0.2) is 6.54 Å². The molecule has 15 heavy (non-hydrogen) atoms. The van der Waals surface area contributed by atoms with Gasteiger partial charge in [-0.3, -0.25) is 0 Å². The van der Waals surface area contributed by atoms with Crippen LogP contribution in [0.1, 0.15) is 37.9 Å². The molecule has 0 amide bonds. The maximum absolute atomic E-state index is 13.6. The molecular formula is C13H18FN. The maximum atomic E-state index is 13.6. The molecule has 1 aromatic carbocycles. The van der Waals surface area contributed by atoms with Crippen molar-refractivity contribution in [1.82, 2.24) is 5.32 Å². The number of halogens is 1. The highest BCUT2D eigenvalue weighted by atomic mass is 19.1. The first-order valence-corrected chi connectivity index (χ1v) is 5.51. The van der Waals surface area contributed by atoms with E-state index in [1.807, 2.05) is 6.07 Å². The molecule has 1 aliphatic heterocycles. The molecule has 1 aromatic rings. The Balaban J connectivity index is 2.48. The molecule has 2 heteroatoms. The monoisotopic (exact) mass is 207 g/mol. The molecule has 0 radical (unpaired) electrons. The van der Waals surface area contributed by atoms with Crippen molar-refractivity contribution >= 4 is 0 Å². The van der Waals surface area contributed by atoms with Gasteiger partial charge in [-0.15, -0.1) is 0 Å². The van der Waals surface area contributed by atoms with Crippen LogP contribution in [0.15, 0.2) is 18.2 Å². The van der Waals surface area contributed by atoms with E-state index in [0.717, 1.165) is 24.1 Å². The predicted octanol–water partition coefficient (Wildman–Crippen LogP) is 3.06. The zero-order valence-electron chi connectivity index (χ0n) is 9.60. The third-order valence-electron chi connectivity index (χ3n) is 3.06. The quantitative estimate of drug-likeness (QED) is 0.689. The molecule has 0 saturated carbocycles. The van der Waals surface area contributed by atoms with Gasteiger partial charge in [0.1, 0.15) is 5.82 Å². The second-order valence-corrected chi connectivity index (χ2v) is 5.31. The lowest BCUT2D eigenvalue weighted by Gasteiger charge is -2.36. The van der Waals surface area contributed by atoms with E-state index in [9.17, 15) is 4.39 Å². The van der Waals surface area contributed by atoms with Crippen molar-refractivity contribution in [3.8, 4) is 0 Å². The van der Waals surface area contributed by atoms with Crippen molar-refractivity contribution in [3.05, 3.63) is 35.1 Å². The average Bonchev–Trinajstić information content (AvgIpc) is 2.16. The Kier molecular flexibility index (Phi) is 2.55. The van der Waals surface area contributed by atoms with Gasteiger partial charge in [-0.05, 0) is 35.6 Å². The summed E-state index contributed by atoms with van der Waals surface area (Å²) in [6.45, 7) is 7.43. The van der Waals surface area contributed by atoms with E-state index in [2.05, 4.69) is 26.1 Å². The second-order valence-electron chi connectivity index (χ2n) is 5.31. The van der Waals surface area contributed by atoms with Gasteiger partial charge in [-0.1, -0.05) is 32.9 Å². The Morgan fingerprint density at radius 3 is 2.73 bits per heavy atom. The van der Waals surface area contributed by atoms with Crippen LogP contribution in [0.5, 0.6) is 0 Å². The summed E-state index contributed by atoms with van der Waals surface area (Å²) in [6.07, 6.45) is 0.800. The Labute approximate surface area is 90.7 Å². The summed E-state index contributed by atoms with van der Waals surface area (Å²) in [4.78, 5) is 0. The molecule has 0 aliphatic carbocycles. The summed E-state index contributed by atoms with van der Waals surface area (Å²) in [5.41, 5.74) is 2.16. The molecule has 1 atom stereocenters. The van der Waals surface area contributed by atoms with Crippen molar-refractivity contribution in [2.75, 3.05) is 6.54 Å². The molecule has 0 saturated heterocycles. The topological polar surface area (TPSA) is 12.0 Å². The van der Waals surface area contributed by atoms with Crippen LogP contribution in [0.3, 0.4) is 0 Å². The Morgan fingerprint density at radius 1 is 1.33 bits per heavy atom.